The molecule has 0 aromatic heterocycles. The van der Waals surface area contributed by atoms with E-state index in [1.165, 1.54) is 0 Å². The van der Waals surface area contributed by atoms with Gasteiger partial charge in [0.2, 0.25) is 0 Å². The normalized spacial score (nSPS) is 12.2. The van der Waals surface area contributed by atoms with E-state index >= 15 is 0 Å². The number of ether oxygens (including phenoxy) is 1. The third-order valence-corrected chi connectivity index (χ3v) is 0.244. The molecule has 0 amide bonds. The van der Waals surface area contributed by atoms with Gasteiger partial charge in [-0.15, -0.1) is 0 Å². The largest absolute Gasteiger partial charge is 0.345 e. The van der Waals surface area contributed by atoms with Gasteiger partial charge in [-0.25, -0.2) is 0 Å². The van der Waals surface area contributed by atoms with Crippen LogP contribution in [0.4, 0.5) is 8.78 Å². The Morgan fingerprint density at radius 2 is 2.67 bits per heavy atom. The Morgan fingerprint density at radius 1 is 2.00 bits per heavy atom. The second kappa shape index (κ2) is 3.03. The monoisotopic (exact) mass is 97.0 g/mol. The minimum atomic E-state index is -2.72. The first kappa shape index (κ1) is 3.99. The summed E-state index contributed by atoms with van der Waals surface area (Å²) in [6, 6.07) is 0. The average Bonchev–Trinajstić information content (AvgIpc) is 1.61. The second-order valence-corrected chi connectivity index (χ2v) is 0.631. The molecule has 0 unspecified atom stereocenters. The summed E-state index contributed by atoms with van der Waals surface area (Å²) in [5, 5.41) is 0. The minimum absolute atomic E-state index is 0.107. The van der Waals surface area contributed by atoms with Gasteiger partial charge in [-0.05, 0) is 6.90 Å². The fourth-order valence-electron chi connectivity index (χ4n) is 0.0891. The third kappa shape index (κ3) is 3.82. The Morgan fingerprint density at radius 3 is 2.83 bits per heavy atom. The first-order valence-corrected chi connectivity index (χ1v) is 1.46. The number of hydrogen-bond donors (Lipinski definition) is 0. The maximum Gasteiger partial charge on any atom is 0.345 e. The Balaban J connectivity index is 2.68. The molecule has 0 N–H and O–H groups in total. The van der Waals surface area contributed by atoms with E-state index in [4.69, 9.17) is 1.37 Å². The fraction of sp³-hybridized carbons (Fsp3) is 1.00. The van der Waals surface area contributed by atoms with Gasteiger partial charge in [0.15, 0.2) is 0 Å². The molecule has 0 bridgehead atoms. The van der Waals surface area contributed by atoms with Gasteiger partial charge < -0.3 is 4.74 Å². The lowest BCUT2D eigenvalue weighted by molar-refractivity contribution is -0.124. The van der Waals surface area contributed by atoms with Crippen molar-refractivity contribution in [1.82, 2.24) is 0 Å². The van der Waals surface area contributed by atoms with E-state index in [0.717, 1.165) is 0 Å². The maximum absolute atomic E-state index is 10.9. The summed E-state index contributed by atoms with van der Waals surface area (Å²) in [5.74, 6) is 0. The highest BCUT2D eigenvalue weighted by Crippen LogP contribution is 1.90. The molecule has 0 spiro atoms. The van der Waals surface area contributed by atoms with Crippen LogP contribution in [-0.2, 0) is 4.74 Å². The zero-order chi connectivity index (χ0) is 5.70. The molecule has 0 atom stereocenters. The van der Waals surface area contributed by atoms with Crippen LogP contribution in [0.5, 0.6) is 0 Å². The van der Waals surface area contributed by atoms with E-state index in [-0.39, 0.29) is 13.5 Å². The number of halogens is 2. The quantitative estimate of drug-likeness (QED) is 0.503. The van der Waals surface area contributed by atoms with Crippen molar-refractivity contribution in [2.24, 2.45) is 0 Å². The van der Waals surface area contributed by atoms with Gasteiger partial charge in [0, 0.05) is 7.98 Å². The Bertz CT molecular complexity index is 41.9. The van der Waals surface area contributed by atoms with E-state index in [0.29, 0.717) is 0 Å². The molecule has 0 aliphatic carbocycles. The van der Waals surface area contributed by atoms with Crippen LogP contribution in [0.3, 0.4) is 0 Å². The molecule has 0 radical (unpaired) electrons. The topological polar surface area (TPSA) is 9.23 Å². The third-order valence-electron chi connectivity index (χ3n) is 0.244. The molecule has 0 aromatic rings. The van der Waals surface area contributed by atoms with Crippen molar-refractivity contribution in [3.8, 4) is 0 Å². The van der Waals surface area contributed by atoms with E-state index in [1.807, 2.05) is 0 Å². The second-order valence-electron chi connectivity index (χ2n) is 0.631. The summed E-state index contributed by atoms with van der Waals surface area (Å²) in [6.07, 6.45) is 0. The summed E-state index contributed by atoms with van der Waals surface area (Å²) in [4.78, 5) is 0. The van der Waals surface area contributed by atoms with Crippen LogP contribution in [0.2, 0.25) is 0 Å². The summed E-state index contributed by atoms with van der Waals surface area (Å²) in [7, 11) is 0. The van der Waals surface area contributed by atoms with Crippen LogP contribution in [0.15, 0.2) is 0 Å². The average molecular weight is 97.1 g/mol. The molecule has 3 heteroatoms. The van der Waals surface area contributed by atoms with Gasteiger partial charge in [0.05, 0.1) is 0 Å². The Hall–Kier alpha value is -0.180. The summed E-state index contributed by atoms with van der Waals surface area (Å²) in [5.41, 5.74) is 0. The lowest BCUT2D eigenvalue weighted by atomic mass is 10.9. The molecule has 6 heavy (non-hydrogen) atoms. The summed E-state index contributed by atoms with van der Waals surface area (Å²) in [6.45, 7) is -3.01. The predicted octanol–water partition coefficient (Wildman–Crippen LogP) is 1.25. The number of rotatable bonds is 2. The molecule has 0 fully saturated rings. The molecule has 0 aliphatic heterocycles. The first-order chi connectivity index (χ1) is 3.27. The lowest BCUT2D eigenvalue weighted by Gasteiger charge is -1.92. The van der Waals surface area contributed by atoms with Crippen LogP contribution >= 0.6 is 0 Å². The summed E-state index contributed by atoms with van der Waals surface area (Å²) >= 11 is 0. The molecule has 38 valence electrons. The summed E-state index contributed by atoms with van der Waals surface area (Å²) < 4.78 is 31.8. The molecule has 0 saturated heterocycles. The molecular weight excluding hydrogens is 90.0 g/mol. The molecule has 0 aromatic carbocycles. The van der Waals surface area contributed by atoms with Crippen molar-refractivity contribution >= 4 is 0 Å². The predicted molar refractivity (Wildman–Crippen MR) is 17.6 cm³/mol. The van der Waals surface area contributed by atoms with Gasteiger partial charge >= 0.3 is 6.61 Å². The highest BCUT2D eigenvalue weighted by molar-refractivity contribution is 4.07. The highest BCUT2D eigenvalue weighted by atomic mass is 19.3. The maximum atomic E-state index is 10.9. The Kier molecular flexibility index (Phi) is 2.01. The van der Waals surface area contributed by atoms with Crippen LogP contribution in [-0.4, -0.2) is 13.2 Å². The lowest BCUT2D eigenvalue weighted by Crippen LogP contribution is -1.95. The van der Waals surface area contributed by atoms with Gasteiger partial charge in [0.25, 0.3) is 0 Å². The standard InChI is InChI=1S/C3H6F2O/c1-2-6-3(4)5/h3H,2H2,1H3/i1D. The van der Waals surface area contributed by atoms with Crippen molar-refractivity contribution in [2.75, 3.05) is 6.61 Å². The van der Waals surface area contributed by atoms with Gasteiger partial charge in [-0.3, -0.25) is 0 Å². The zero-order valence-electron chi connectivity index (χ0n) is 4.16. The van der Waals surface area contributed by atoms with E-state index in [1.54, 1.807) is 0 Å². The van der Waals surface area contributed by atoms with Crippen molar-refractivity contribution in [3.05, 3.63) is 0 Å². The van der Waals surface area contributed by atoms with Gasteiger partial charge in [-0.2, -0.15) is 8.78 Å². The van der Waals surface area contributed by atoms with Crippen molar-refractivity contribution < 1.29 is 14.9 Å². The highest BCUT2D eigenvalue weighted by Gasteiger charge is 1.94. The van der Waals surface area contributed by atoms with Crippen LogP contribution in [0, 0.1) is 0 Å². The van der Waals surface area contributed by atoms with Crippen molar-refractivity contribution in [2.45, 2.75) is 13.5 Å². The molecule has 0 saturated carbocycles. The number of hydrogen-bond acceptors (Lipinski definition) is 1. The van der Waals surface area contributed by atoms with Crippen LogP contribution in [0.25, 0.3) is 0 Å². The smallest absolute Gasteiger partial charge is 0.323 e. The van der Waals surface area contributed by atoms with Crippen LogP contribution < -0.4 is 0 Å². The molecular formula is C3H6F2O. The minimum Gasteiger partial charge on any atom is -0.323 e. The molecule has 0 aliphatic rings. The molecule has 1 nitrogen and oxygen atoms in total. The first-order valence-electron chi connectivity index (χ1n) is 2.17. The molecule has 0 heterocycles. The van der Waals surface area contributed by atoms with E-state index < -0.39 is 6.61 Å². The van der Waals surface area contributed by atoms with Gasteiger partial charge in [-0.1, -0.05) is 0 Å². The SMILES string of the molecule is [2H]CCOC(F)F. The van der Waals surface area contributed by atoms with Crippen molar-refractivity contribution in [3.63, 3.8) is 0 Å². The van der Waals surface area contributed by atoms with E-state index in [2.05, 4.69) is 4.74 Å². The molecule has 0 rings (SSSR count). The van der Waals surface area contributed by atoms with Gasteiger partial charge in [0.1, 0.15) is 0 Å². The zero-order valence-corrected chi connectivity index (χ0v) is 3.16. The van der Waals surface area contributed by atoms with Crippen LogP contribution in [0.1, 0.15) is 8.27 Å². The fourth-order valence-corrected chi connectivity index (χ4v) is 0.0891. The number of alkyl halides is 2. The van der Waals surface area contributed by atoms with Crippen molar-refractivity contribution in [1.29, 1.82) is 0 Å². The van der Waals surface area contributed by atoms with E-state index in [9.17, 15) is 8.78 Å². The Labute approximate surface area is 36.3 Å².